The number of anilines is 1. The second-order valence-corrected chi connectivity index (χ2v) is 7.08. The van der Waals surface area contributed by atoms with Crippen molar-refractivity contribution in [1.29, 1.82) is 0 Å². The Labute approximate surface area is 157 Å². The number of nitrogens with one attached hydrogen (secondary N) is 1. The fourth-order valence-electron chi connectivity index (χ4n) is 4.20. The molecule has 138 valence electrons. The van der Waals surface area contributed by atoms with Crippen LogP contribution in [0.25, 0.3) is 0 Å². The molecule has 2 aromatic carbocycles. The number of carbonyl (C=O) groups excluding carboxylic acids is 1. The number of esters is 1. The Hall–Kier alpha value is -3.08. The zero-order valence-electron chi connectivity index (χ0n) is 15.0. The summed E-state index contributed by atoms with van der Waals surface area (Å²) >= 11 is 0. The maximum absolute atomic E-state index is 11.7. The lowest BCUT2D eigenvalue weighted by Crippen LogP contribution is -2.29. The van der Waals surface area contributed by atoms with Crippen LogP contribution >= 0.6 is 0 Å². The minimum absolute atomic E-state index is 0.0345. The largest absolute Gasteiger partial charge is 0.481 e. The summed E-state index contributed by atoms with van der Waals surface area (Å²) in [4.78, 5) is 22.7. The zero-order valence-corrected chi connectivity index (χ0v) is 15.0. The van der Waals surface area contributed by atoms with Gasteiger partial charge in [0.1, 0.15) is 0 Å². The van der Waals surface area contributed by atoms with Crippen LogP contribution in [0.5, 0.6) is 0 Å². The highest BCUT2D eigenvalue weighted by Gasteiger charge is 2.37. The van der Waals surface area contributed by atoms with Crippen LogP contribution in [0.2, 0.25) is 0 Å². The van der Waals surface area contributed by atoms with E-state index in [1.54, 1.807) is 12.1 Å². The molecule has 0 fully saturated rings. The predicted molar refractivity (Wildman–Crippen MR) is 102 cm³/mol. The summed E-state index contributed by atoms with van der Waals surface area (Å²) in [6, 6.07) is 13.5. The number of carbonyl (C=O) groups is 2. The van der Waals surface area contributed by atoms with E-state index in [2.05, 4.69) is 17.5 Å². The van der Waals surface area contributed by atoms with E-state index in [1.165, 1.54) is 7.11 Å². The first kappa shape index (κ1) is 17.3. The maximum Gasteiger partial charge on any atom is 0.337 e. The molecule has 0 amide bonds. The van der Waals surface area contributed by atoms with Gasteiger partial charge in [-0.05, 0) is 47.2 Å². The van der Waals surface area contributed by atoms with E-state index in [0.717, 1.165) is 28.8 Å². The molecule has 1 aliphatic carbocycles. The SMILES string of the molecule is COC(=O)c1ccc([C@@H]2Nc3ccc(CC(=O)O)cc3[C@@H]3C=CC[C@H]32)cc1. The molecule has 0 saturated carbocycles. The first-order chi connectivity index (χ1) is 13.1. The molecule has 2 aliphatic rings. The summed E-state index contributed by atoms with van der Waals surface area (Å²) < 4.78 is 4.77. The molecule has 5 nitrogen and oxygen atoms in total. The van der Waals surface area contributed by atoms with E-state index in [9.17, 15) is 9.59 Å². The fourth-order valence-corrected chi connectivity index (χ4v) is 4.20. The van der Waals surface area contributed by atoms with Crippen molar-refractivity contribution in [3.63, 3.8) is 0 Å². The maximum atomic E-state index is 11.7. The molecule has 0 aromatic heterocycles. The molecular formula is C22H21NO4. The lowest BCUT2D eigenvalue weighted by molar-refractivity contribution is -0.136. The molecular weight excluding hydrogens is 342 g/mol. The number of allylic oxidation sites excluding steroid dienone is 2. The van der Waals surface area contributed by atoms with Crippen LogP contribution in [0.3, 0.4) is 0 Å². The van der Waals surface area contributed by atoms with Crippen molar-refractivity contribution in [2.24, 2.45) is 5.92 Å². The van der Waals surface area contributed by atoms with Crippen LogP contribution in [-0.4, -0.2) is 24.2 Å². The van der Waals surface area contributed by atoms with Gasteiger partial charge in [0.2, 0.25) is 0 Å². The topological polar surface area (TPSA) is 75.6 Å². The second kappa shape index (κ2) is 6.91. The van der Waals surface area contributed by atoms with Crippen LogP contribution in [0.15, 0.2) is 54.6 Å². The first-order valence-electron chi connectivity index (χ1n) is 9.03. The van der Waals surface area contributed by atoms with Crippen molar-refractivity contribution in [2.45, 2.75) is 24.8 Å². The number of hydrogen-bond donors (Lipinski definition) is 2. The number of benzene rings is 2. The molecule has 1 heterocycles. The van der Waals surface area contributed by atoms with Gasteiger partial charge in [-0.15, -0.1) is 0 Å². The number of fused-ring (bicyclic) bond motifs is 3. The monoisotopic (exact) mass is 363 g/mol. The highest BCUT2D eigenvalue weighted by Crippen LogP contribution is 2.49. The number of carboxylic acids is 1. The molecule has 0 saturated heterocycles. The highest BCUT2D eigenvalue weighted by molar-refractivity contribution is 5.89. The Morgan fingerprint density at radius 3 is 2.67 bits per heavy atom. The van der Waals surface area contributed by atoms with E-state index in [4.69, 9.17) is 9.84 Å². The first-order valence-corrected chi connectivity index (χ1v) is 9.03. The summed E-state index contributed by atoms with van der Waals surface area (Å²) in [6.07, 6.45) is 5.42. The van der Waals surface area contributed by atoms with Crippen molar-refractivity contribution < 1.29 is 19.4 Å². The molecule has 1 aliphatic heterocycles. The Balaban J connectivity index is 1.66. The molecule has 0 unspecified atom stereocenters. The van der Waals surface area contributed by atoms with Gasteiger partial charge in [-0.3, -0.25) is 4.79 Å². The summed E-state index contributed by atoms with van der Waals surface area (Å²) in [5.74, 6) is -0.530. The predicted octanol–water partition coefficient (Wildman–Crippen LogP) is 3.93. The smallest absolute Gasteiger partial charge is 0.337 e. The van der Waals surface area contributed by atoms with Crippen LogP contribution in [0.4, 0.5) is 5.69 Å². The van der Waals surface area contributed by atoms with Crippen LogP contribution in [0.1, 0.15) is 45.4 Å². The minimum atomic E-state index is -0.819. The molecule has 2 N–H and O–H groups in total. The Morgan fingerprint density at radius 2 is 1.96 bits per heavy atom. The standard InChI is InChI=1S/C22H21NO4/c1-27-22(26)15-8-6-14(7-9-15)21-17-4-2-3-16(17)18-11-13(12-20(24)25)5-10-19(18)23-21/h2-3,5-11,16-17,21,23H,4,12H2,1H3,(H,24,25)/t16-,17-,21+/m1/s1. The second-order valence-electron chi connectivity index (χ2n) is 7.08. The molecule has 5 heteroatoms. The van der Waals surface area contributed by atoms with E-state index in [0.29, 0.717) is 11.5 Å². The van der Waals surface area contributed by atoms with Gasteiger partial charge in [-0.25, -0.2) is 4.79 Å². The number of methoxy groups -OCH3 is 1. The van der Waals surface area contributed by atoms with E-state index < -0.39 is 5.97 Å². The number of rotatable bonds is 4. The Morgan fingerprint density at radius 1 is 1.19 bits per heavy atom. The van der Waals surface area contributed by atoms with E-state index in [1.807, 2.05) is 30.3 Å². The van der Waals surface area contributed by atoms with Gasteiger partial charge >= 0.3 is 11.9 Å². The molecule has 3 atom stereocenters. The fraction of sp³-hybridized carbons (Fsp3) is 0.273. The zero-order chi connectivity index (χ0) is 19.0. The summed E-state index contributed by atoms with van der Waals surface area (Å²) in [5.41, 5.74) is 4.69. The lowest BCUT2D eigenvalue weighted by Gasteiger charge is -2.37. The average molecular weight is 363 g/mol. The van der Waals surface area contributed by atoms with Gasteiger partial charge in [0, 0.05) is 11.6 Å². The van der Waals surface area contributed by atoms with Gasteiger partial charge < -0.3 is 15.2 Å². The van der Waals surface area contributed by atoms with Gasteiger partial charge in [-0.2, -0.15) is 0 Å². The third-order valence-electron chi connectivity index (χ3n) is 5.47. The molecule has 2 aromatic rings. The Kier molecular flexibility index (Phi) is 4.44. The van der Waals surface area contributed by atoms with Gasteiger partial charge in [0.25, 0.3) is 0 Å². The third-order valence-corrected chi connectivity index (χ3v) is 5.47. The van der Waals surface area contributed by atoms with Crippen molar-refractivity contribution in [1.82, 2.24) is 0 Å². The van der Waals surface area contributed by atoms with Crippen molar-refractivity contribution in [3.8, 4) is 0 Å². The Bertz CT molecular complexity index is 916. The van der Waals surface area contributed by atoms with Crippen LogP contribution in [0, 0.1) is 5.92 Å². The van der Waals surface area contributed by atoms with Crippen molar-refractivity contribution in [3.05, 3.63) is 76.9 Å². The molecule has 0 spiro atoms. The third kappa shape index (κ3) is 3.21. The van der Waals surface area contributed by atoms with Crippen LogP contribution < -0.4 is 5.32 Å². The van der Waals surface area contributed by atoms with E-state index in [-0.39, 0.29) is 24.3 Å². The number of aliphatic carboxylic acids is 1. The number of ether oxygens (including phenoxy) is 1. The van der Waals surface area contributed by atoms with Crippen LogP contribution in [-0.2, 0) is 16.0 Å². The minimum Gasteiger partial charge on any atom is -0.481 e. The number of hydrogen-bond acceptors (Lipinski definition) is 4. The lowest BCUT2D eigenvalue weighted by atomic mass is 9.76. The molecule has 27 heavy (non-hydrogen) atoms. The molecule has 0 radical (unpaired) electrons. The van der Waals surface area contributed by atoms with Gasteiger partial charge in [0.05, 0.1) is 25.1 Å². The molecule has 4 rings (SSSR count). The quantitative estimate of drug-likeness (QED) is 0.636. The number of carboxylic acid groups (broad SMARTS) is 1. The average Bonchev–Trinajstić information content (AvgIpc) is 3.17. The van der Waals surface area contributed by atoms with Crippen molar-refractivity contribution in [2.75, 3.05) is 12.4 Å². The highest BCUT2D eigenvalue weighted by atomic mass is 16.5. The van der Waals surface area contributed by atoms with Gasteiger partial charge in [0.15, 0.2) is 0 Å². The van der Waals surface area contributed by atoms with E-state index >= 15 is 0 Å². The van der Waals surface area contributed by atoms with Crippen molar-refractivity contribution >= 4 is 17.6 Å². The van der Waals surface area contributed by atoms with Gasteiger partial charge in [-0.1, -0.05) is 36.4 Å². The summed E-state index contributed by atoms with van der Waals surface area (Å²) in [7, 11) is 1.38. The normalized spacial score (nSPS) is 22.5. The summed E-state index contributed by atoms with van der Waals surface area (Å²) in [6.45, 7) is 0. The summed E-state index contributed by atoms with van der Waals surface area (Å²) in [5, 5.41) is 12.7. The molecule has 0 bridgehead atoms.